The van der Waals surface area contributed by atoms with Crippen LogP contribution >= 0.6 is 15.9 Å². The molecule has 2 heterocycles. The molecule has 15 heteroatoms. The molecule has 1 N–H and O–H groups in total. The summed E-state index contributed by atoms with van der Waals surface area (Å²) >= 11 is 3.33. The Bertz CT molecular complexity index is 2150. The van der Waals surface area contributed by atoms with Crippen LogP contribution in [-0.4, -0.2) is 117 Å². The summed E-state index contributed by atoms with van der Waals surface area (Å²) < 4.78 is 22.4. The number of benzene rings is 4. The van der Waals surface area contributed by atoms with Crippen molar-refractivity contribution in [3.05, 3.63) is 137 Å². The highest BCUT2D eigenvalue weighted by Crippen LogP contribution is 2.20. The molecular weight excluding hydrogens is 864 g/mol. The first-order chi connectivity index (χ1) is 30.8. The maximum absolute atomic E-state index is 12.4. The molecule has 2 aliphatic heterocycles. The van der Waals surface area contributed by atoms with Crippen LogP contribution in [0.3, 0.4) is 0 Å². The SMILES string of the molecule is [C-]#[N+]c1ccc(OCCCBr)cc1.[C-]#[N+]c1ccc(OCCCN2CCN(CCCOc3ccc(C#N)cc3)C(=O)C2)cc1.[C-]#[N+]c1ccc(OCCCN2CCNC(=O)C2)cc1. The van der Waals surface area contributed by atoms with Gasteiger partial charge in [-0.05, 0) is 86.3 Å². The Hall–Kier alpha value is -6.62. The van der Waals surface area contributed by atoms with Gasteiger partial charge in [0.05, 0.1) is 70.9 Å². The van der Waals surface area contributed by atoms with Gasteiger partial charge >= 0.3 is 0 Å². The van der Waals surface area contributed by atoms with Crippen LogP contribution in [0.25, 0.3) is 14.5 Å². The van der Waals surface area contributed by atoms with Gasteiger partial charge in [-0.25, -0.2) is 14.5 Å². The standard InChI is InChI=1S/C24H26N4O3.C14H17N3O2.C10H10BrNO/c1-26-21-6-10-23(11-7-21)30-16-2-12-27-14-15-28(24(29)19-27)13-3-17-31-22-8-4-20(18-25)5-9-22;1-15-12-3-5-13(6-4-12)19-10-2-8-17-9-7-16-14(18)11-17;1-12-9-3-5-10(6-4-9)13-8-2-7-11/h4-11H,2-3,12-17,19H2;3-6H,2,7-11H2,(H,16,18);3-6H,2,7-8H2. The number of halogens is 1. The summed E-state index contributed by atoms with van der Waals surface area (Å²) in [6.07, 6.45) is 3.49. The Balaban J connectivity index is 0.000000230. The second kappa shape index (κ2) is 28.8. The summed E-state index contributed by atoms with van der Waals surface area (Å²) in [7, 11) is 0. The normalized spacial score (nSPS) is 13.5. The molecule has 0 radical (unpaired) electrons. The van der Waals surface area contributed by atoms with Gasteiger partial charge in [0.15, 0.2) is 17.1 Å². The molecule has 0 aromatic heterocycles. The fourth-order valence-corrected chi connectivity index (χ4v) is 6.42. The Morgan fingerprint density at radius 2 is 0.984 bits per heavy atom. The molecule has 2 fully saturated rings. The highest BCUT2D eigenvalue weighted by Gasteiger charge is 2.23. The van der Waals surface area contributed by atoms with Gasteiger partial charge in [-0.1, -0.05) is 52.3 Å². The van der Waals surface area contributed by atoms with Crippen LogP contribution in [0, 0.1) is 31.0 Å². The number of amides is 2. The third-order valence-electron chi connectivity index (χ3n) is 9.56. The summed E-state index contributed by atoms with van der Waals surface area (Å²) in [5.41, 5.74) is 2.47. The lowest BCUT2D eigenvalue weighted by Gasteiger charge is -2.34. The molecule has 4 aromatic rings. The monoisotopic (exact) mass is 916 g/mol. The van der Waals surface area contributed by atoms with Crippen molar-refractivity contribution < 1.29 is 28.5 Å². The summed E-state index contributed by atoms with van der Waals surface area (Å²) in [4.78, 5) is 39.8. The van der Waals surface area contributed by atoms with E-state index in [9.17, 15) is 9.59 Å². The van der Waals surface area contributed by atoms with Crippen molar-refractivity contribution in [3.8, 4) is 29.1 Å². The summed E-state index contributed by atoms with van der Waals surface area (Å²) in [5.74, 6) is 3.36. The number of carbonyl (C=O) groups excluding carboxylic acids is 2. The van der Waals surface area contributed by atoms with E-state index in [1.165, 1.54) is 0 Å². The number of ether oxygens (including phenoxy) is 4. The van der Waals surface area contributed by atoms with Crippen molar-refractivity contribution in [2.24, 2.45) is 0 Å². The zero-order valence-corrected chi connectivity index (χ0v) is 37.0. The zero-order valence-electron chi connectivity index (χ0n) is 35.4. The molecule has 63 heavy (non-hydrogen) atoms. The number of carbonyl (C=O) groups is 2. The fraction of sp³-hybridized carbons (Fsp3) is 0.375. The summed E-state index contributed by atoms with van der Waals surface area (Å²) in [6, 6.07) is 30.5. The number of rotatable bonds is 19. The van der Waals surface area contributed by atoms with E-state index in [1.807, 2.05) is 29.2 Å². The molecule has 0 bridgehead atoms. The molecule has 0 aliphatic carbocycles. The van der Waals surface area contributed by atoms with E-state index in [-0.39, 0.29) is 11.8 Å². The van der Waals surface area contributed by atoms with Crippen molar-refractivity contribution in [1.82, 2.24) is 20.0 Å². The van der Waals surface area contributed by atoms with E-state index >= 15 is 0 Å². The van der Waals surface area contributed by atoms with Crippen molar-refractivity contribution in [3.63, 3.8) is 0 Å². The number of hydrogen-bond donors (Lipinski definition) is 1. The summed E-state index contributed by atoms with van der Waals surface area (Å²) in [6.45, 7) is 29.6. The van der Waals surface area contributed by atoms with Crippen LogP contribution in [0.2, 0.25) is 0 Å². The molecule has 0 atom stereocenters. The molecule has 328 valence electrons. The van der Waals surface area contributed by atoms with Gasteiger partial charge in [-0.3, -0.25) is 19.4 Å². The van der Waals surface area contributed by atoms with E-state index in [1.54, 1.807) is 72.8 Å². The largest absolute Gasteiger partial charge is 0.494 e. The highest BCUT2D eigenvalue weighted by molar-refractivity contribution is 9.09. The Kier molecular flexibility index (Phi) is 22.4. The average Bonchev–Trinajstić information content (AvgIpc) is 3.32. The van der Waals surface area contributed by atoms with Crippen LogP contribution in [0.1, 0.15) is 31.2 Å². The predicted molar refractivity (Wildman–Crippen MR) is 246 cm³/mol. The number of hydrogen-bond acceptors (Lipinski definition) is 9. The summed E-state index contributed by atoms with van der Waals surface area (Å²) in [5, 5.41) is 12.6. The molecule has 14 nitrogen and oxygen atoms in total. The van der Waals surface area contributed by atoms with Crippen LogP contribution in [-0.2, 0) is 9.59 Å². The first-order valence-corrected chi connectivity index (χ1v) is 21.9. The molecule has 2 amide bonds. The van der Waals surface area contributed by atoms with Gasteiger partial charge in [0, 0.05) is 51.1 Å². The van der Waals surface area contributed by atoms with Gasteiger partial charge in [0.25, 0.3) is 0 Å². The smallest absolute Gasteiger partial charge is 0.236 e. The number of alkyl halides is 1. The molecule has 0 unspecified atom stereocenters. The minimum absolute atomic E-state index is 0.0990. The third-order valence-corrected chi connectivity index (χ3v) is 10.1. The lowest BCUT2D eigenvalue weighted by Crippen LogP contribution is -2.50. The third kappa shape index (κ3) is 19.3. The topological polar surface area (TPSA) is 130 Å². The van der Waals surface area contributed by atoms with E-state index in [0.717, 1.165) is 93.3 Å². The second-order valence-electron chi connectivity index (χ2n) is 14.2. The average molecular weight is 918 g/mol. The van der Waals surface area contributed by atoms with Crippen LogP contribution < -0.4 is 24.3 Å². The Morgan fingerprint density at radius 1 is 0.571 bits per heavy atom. The first kappa shape index (κ1) is 49.0. The molecule has 2 aliphatic rings. The van der Waals surface area contributed by atoms with Crippen LogP contribution in [0.5, 0.6) is 23.0 Å². The van der Waals surface area contributed by atoms with E-state index < -0.39 is 0 Å². The van der Waals surface area contributed by atoms with Crippen molar-refractivity contribution in [2.75, 3.05) is 90.7 Å². The minimum atomic E-state index is 0.0990. The van der Waals surface area contributed by atoms with E-state index in [4.69, 9.17) is 43.9 Å². The number of nitriles is 1. The fourth-order valence-electron chi connectivity index (χ4n) is 6.19. The number of nitrogens with one attached hydrogen (secondary N) is 1. The van der Waals surface area contributed by atoms with Gasteiger partial charge in [-0.15, -0.1) is 0 Å². The lowest BCUT2D eigenvalue weighted by atomic mass is 10.2. The van der Waals surface area contributed by atoms with Crippen molar-refractivity contribution >= 4 is 44.8 Å². The van der Waals surface area contributed by atoms with Crippen molar-refractivity contribution in [2.45, 2.75) is 25.7 Å². The molecule has 0 spiro atoms. The first-order valence-electron chi connectivity index (χ1n) is 20.8. The van der Waals surface area contributed by atoms with E-state index in [0.29, 0.717) is 68.7 Å². The maximum atomic E-state index is 12.4. The molecule has 0 saturated carbocycles. The Labute approximate surface area is 379 Å². The molecule has 4 aromatic carbocycles. The van der Waals surface area contributed by atoms with Crippen molar-refractivity contribution in [1.29, 1.82) is 5.26 Å². The predicted octanol–water partition coefficient (Wildman–Crippen LogP) is 8.33. The number of piperazine rings is 2. The zero-order chi connectivity index (χ0) is 44.9. The van der Waals surface area contributed by atoms with E-state index in [2.05, 4.69) is 51.7 Å². The Morgan fingerprint density at radius 3 is 1.38 bits per heavy atom. The van der Waals surface area contributed by atoms with Gasteiger partial charge in [-0.2, -0.15) is 5.26 Å². The molecule has 2 saturated heterocycles. The van der Waals surface area contributed by atoms with Gasteiger partial charge in [0.1, 0.15) is 23.0 Å². The van der Waals surface area contributed by atoms with Gasteiger partial charge < -0.3 is 29.2 Å². The van der Waals surface area contributed by atoms with Crippen LogP contribution in [0.15, 0.2) is 97.1 Å². The number of nitrogens with zero attached hydrogens (tertiary/aromatic N) is 7. The molecular formula is C48H53BrN8O6. The highest BCUT2D eigenvalue weighted by atomic mass is 79.9. The maximum Gasteiger partial charge on any atom is 0.236 e. The quantitative estimate of drug-likeness (QED) is 0.0561. The minimum Gasteiger partial charge on any atom is -0.494 e. The van der Waals surface area contributed by atoms with Gasteiger partial charge in [0.2, 0.25) is 11.8 Å². The lowest BCUT2D eigenvalue weighted by molar-refractivity contribution is -0.136. The van der Waals surface area contributed by atoms with Crippen LogP contribution in [0.4, 0.5) is 17.1 Å². The second-order valence-corrected chi connectivity index (χ2v) is 15.0. The molecule has 6 rings (SSSR count).